The second-order valence-corrected chi connectivity index (χ2v) is 6.25. The van der Waals surface area contributed by atoms with Crippen LogP contribution in [-0.2, 0) is 9.53 Å². The van der Waals surface area contributed by atoms with E-state index < -0.39 is 17.7 Å². The molecule has 0 aliphatic heterocycles. The van der Waals surface area contributed by atoms with Crippen LogP contribution in [0, 0.1) is 0 Å². The SMILES string of the molecule is CC(C)OC(=O)[C@@H](C)Oc1ccc2c(-c3ccccc3)cc(=O)oc2c1. The Kier molecular flexibility index (Phi) is 5.07. The maximum atomic E-state index is 12.0. The Morgan fingerprint density at radius 3 is 2.42 bits per heavy atom. The van der Waals surface area contributed by atoms with Crippen molar-refractivity contribution in [3.8, 4) is 16.9 Å². The minimum atomic E-state index is -0.765. The third-order valence-electron chi connectivity index (χ3n) is 3.80. The summed E-state index contributed by atoms with van der Waals surface area (Å²) >= 11 is 0. The maximum absolute atomic E-state index is 12.0. The first-order valence-corrected chi connectivity index (χ1v) is 8.44. The van der Waals surface area contributed by atoms with E-state index in [2.05, 4.69) is 0 Å². The number of benzene rings is 2. The number of ether oxygens (including phenoxy) is 2. The second kappa shape index (κ2) is 7.44. The molecule has 3 rings (SSSR count). The van der Waals surface area contributed by atoms with Gasteiger partial charge in [-0.1, -0.05) is 30.3 Å². The maximum Gasteiger partial charge on any atom is 0.347 e. The number of hydrogen-bond donors (Lipinski definition) is 0. The molecule has 0 N–H and O–H groups in total. The first kappa shape index (κ1) is 17.7. The summed E-state index contributed by atoms with van der Waals surface area (Å²) < 4.78 is 16.1. The molecule has 3 aromatic rings. The molecule has 1 aromatic heterocycles. The second-order valence-electron chi connectivity index (χ2n) is 6.25. The summed E-state index contributed by atoms with van der Waals surface area (Å²) in [6.45, 7) is 5.17. The van der Waals surface area contributed by atoms with Crippen LogP contribution >= 0.6 is 0 Å². The lowest BCUT2D eigenvalue weighted by molar-refractivity contribution is -0.154. The molecule has 0 amide bonds. The van der Waals surface area contributed by atoms with Gasteiger partial charge in [0.2, 0.25) is 0 Å². The Labute approximate surface area is 151 Å². The highest BCUT2D eigenvalue weighted by molar-refractivity contribution is 5.93. The average molecular weight is 352 g/mol. The monoisotopic (exact) mass is 352 g/mol. The van der Waals surface area contributed by atoms with Crippen molar-refractivity contribution in [1.82, 2.24) is 0 Å². The van der Waals surface area contributed by atoms with E-state index in [1.807, 2.05) is 36.4 Å². The largest absolute Gasteiger partial charge is 0.479 e. The Bertz CT molecular complexity index is 973. The molecule has 5 nitrogen and oxygen atoms in total. The van der Waals surface area contributed by atoms with Gasteiger partial charge in [0.1, 0.15) is 11.3 Å². The quantitative estimate of drug-likeness (QED) is 0.509. The zero-order valence-corrected chi connectivity index (χ0v) is 14.9. The predicted molar refractivity (Wildman–Crippen MR) is 99.2 cm³/mol. The molecule has 0 saturated heterocycles. The molecule has 134 valence electrons. The zero-order chi connectivity index (χ0) is 18.7. The molecule has 0 fully saturated rings. The van der Waals surface area contributed by atoms with Crippen LogP contribution in [0.5, 0.6) is 5.75 Å². The van der Waals surface area contributed by atoms with E-state index in [-0.39, 0.29) is 6.10 Å². The van der Waals surface area contributed by atoms with Gasteiger partial charge in [-0.3, -0.25) is 0 Å². The molecule has 1 heterocycles. The van der Waals surface area contributed by atoms with Crippen molar-refractivity contribution in [2.24, 2.45) is 0 Å². The lowest BCUT2D eigenvalue weighted by Crippen LogP contribution is -2.28. The first-order valence-electron chi connectivity index (χ1n) is 8.44. The van der Waals surface area contributed by atoms with Gasteiger partial charge in [0.25, 0.3) is 0 Å². The summed E-state index contributed by atoms with van der Waals surface area (Å²) in [6, 6.07) is 16.3. The topological polar surface area (TPSA) is 65.7 Å². The lowest BCUT2D eigenvalue weighted by atomic mass is 10.0. The van der Waals surface area contributed by atoms with Crippen LogP contribution in [0.15, 0.2) is 63.8 Å². The highest BCUT2D eigenvalue weighted by atomic mass is 16.6. The summed E-state index contributed by atoms with van der Waals surface area (Å²) in [5.41, 5.74) is 1.67. The van der Waals surface area contributed by atoms with Gasteiger partial charge in [0.05, 0.1) is 6.10 Å². The van der Waals surface area contributed by atoms with Crippen molar-refractivity contribution in [3.05, 3.63) is 65.0 Å². The summed E-state index contributed by atoms with van der Waals surface area (Å²) in [4.78, 5) is 23.9. The number of esters is 1. The normalized spacial score (nSPS) is 12.2. The molecule has 26 heavy (non-hydrogen) atoms. The molecule has 0 unspecified atom stereocenters. The van der Waals surface area contributed by atoms with Gasteiger partial charge in [0, 0.05) is 17.5 Å². The fraction of sp³-hybridized carbons (Fsp3) is 0.238. The zero-order valence-electron chi connectivity index (χ0n) is 14.9. The highest BCUT2D eigenvalue weighted by Crippen LogP contribution is 2.29. The van der Waals surface area contributed by atoms with Crippen molar-refractivity contribution < 1.29 is 18.7 Å². The lowest BCUT2D eigenvalue weighted by Gasteiger charge is -2.16. The van der Waals surface area contributed by atoms with Crippen molar-refractivity contribution >= 4 is 16.9 Å². The summed E-state index contributed by atoms with van der Waals surface area (Å²) in [5, 5.41) is 0.792. The minimum absolute atomic E-state index is 0.211. The van der Waals surface area contributed by atoms with Crippen LogP contribution in [0.2, 0.25) is 0 Å². The van der Waals surface area contributed by atoms with Crippen LogP contribution in [0.3, 0.4) is 0 Å². The van der Waals surface area contributed by atoms with Gasteiger partial charge in [-0.05, 0) is 44.0 Å². The summed E-state index contributed by atoms with van der Waals surface area (Å²) in [6.07, 6.45) is -0.976. The minimum Gasteiger partial charge on any atom is -0.479 e. The van der Waals surface area contributed by atoms with Crippen LogP contribution in [0.25, 0.3) is 22.1 Å². The molecule has 1 atom stereocenters. The van der Waals surface area contributed by atoms with Crippen molar-refractivity contribution in [2.45, 2.75) is 33.0 Å². The standard InChI is InChI=1S/C21H20O5/c1-13(2)24-21(23)14(3)25-16-9-10-17-18(15-7-5-4-6-8-15)12-20(22)26-19(17)11-16/h4-14H,1-3H3/t14-/m1/s1. The van der Waals surface area contributed by atoms with Gasteiger partial charge in [-0.15, -0.1) is 0 Å². The van der Waals surface area contributed by atoms with Crippen LogP contribution in [0.4, 0.5) is 0 Å². The highest BCUT2D eigenvalue weighted by Gasteiger charge is 2.18. The van der Waals surface area contributed by atoms with Gasteiger partial charge >= 0.3 is 11.6 Å². The number of carbonyl (C=O) groups is 1. The predicted octanol–water partition coefficient (Wildman–Crippen LogP) is 4.18. The van der Waals surface area contributed by atoms with E-state index in [9.17, 15) is 9.59 Å². The fourth-order valence-electron chi connectivity index (χ4n) is 2.65. The Hall–Kier alpha value is -3.08. The third kappa shape index (κ3) is 3.94. The van der Waals surface area contributed by atoms with E-state index in [1.165, 1.54) is 6.07 Å². The van der Waals surface area contributed by atoms with Gasteiger partial charge < -0.3 is 13.9 Å². The van der Waals surface area contributed by atoms with Crippen LogP contribution in [0.1, 0.15) is 20.8 Å². The molecule has 0 aliphatic carbocycles. The van der Waals surface area contributed by atoms with Crippen LogP contribution in [-0.4, -0.2) is 18.2 Å². The first-order chi connectivity index (χ1) is 12.4. The van der Waals surface area contributed by atoms with Crippen molar-refractivity contribution in [3.63, 3.8) is 0 Å². The fourth-order valence-corrected chi connectivity index (χ4v) is 2.65. The van der Waals surface area contributed by atoms with Crippen LogP contribution < -0.4 is 10.4 Å². The molecule has 0 spiro atoms. The van der Waals surface area contributed by atoms with Crippen molar-refractivity contribution in [2.75, 3.05) is 0 Å². The molecular formula is C21H20O5. The number of fused-ring (bicyclic) bond motifs is 1. The molecular weight excluding hydrogens is 332 g/mol. The summed E-state index contributed by atoms with van der Waals surface area (Å²) in [7, 11) is 0. The number of carbonyl (C=O) groups excluding carboxylic acids is 1. The van der Waals surface area contributed by atoms with E-state index in [1.54, 1.807) is 32.9 Å². The van der Waals surface area contributed by atoms with Crippen molar-refractivity contribution in [1.29, 1.82) is 0 Å². The average Bonchev–Trinajstić information content (AvgIpc) is 2.60. The molecule has 0 bridgehead atoms. The molecule has 0 saturated carbocycles. The summed E-state index contributed by atoms with van der Waals surface area (Å²) in [5.74, 6) is -0.0151. The Morgan fingerprint density at radius 2 is 1.73 bits per heavy atom. The molecule has 2 aromatic carbocycles. The third-order valence-corrected chi connectivity index (χ3v) is 3.80. The van der Waals surface area contributed by atoms with E-state index in [4.69, 9.17) is 13.9 Å². The molecule has 0 aliphatic rings. The van der Waals surface area contributed by atoms with Gasteiger partial charge in [0.15, 0.2) is 6.10 Å². The van der Waals surface area contributed by atoms with Gasteiger partial charge in [-0.25, -0.2) is 9.59 Å². The number of rotatable bonds is 5. The molecule has 0 radical (unpaired) electrons. The van der Waals surface area contributed by atoms with E-state index in [0.29, 0.717) is 11.3 Å². The Morgan fingerprint density at radius 1 is 1.00 bits per heavy atom. The number of hydrogen-bond acceptors (Lipinski definition) is 5. The molecule has 5 heteroatoms. The van der Waals surface area contributed by atoms with E-state index in [0.717, 1.165) is 16.5 Å². The van der Waals surface area contributed by atoms with E-state index >= 15 is 0 Å². The smallest absolute Gasteiger partial charge is 0.347 e. The van der Waals surface area contributed by atoms with Gasteiger partial charge in [-0.2, -0.15) is 0 Å². The Balaban J connectivity index is 1.95.